The second-order valence-corrected chi connectivity index (χ2v) is 7.57. The van der Waals surface area contributed by atoms with Crippen LogP contribution in [0.1, 0.15) is 12.8 Å². The van der Waals surface area contributed by atoms with Crippen molar-refractivity contribution in [2.75, 3.05) is 13.2 Å². The maximum Gasteiger partial charge on any atom is 0.316 e. The molecule has 2 saturated heterocycles. The van der Waals surface area contributed by atoms with E-state index in [-0.39, 0.29) is 0 Å². The Morgan fingerprint density at radius 3 is 1.18 bits per heavy atom. The van der Waals surface area contributed by atoms with Crippen molar-refractivity contribution in [3.05, 3.63) is 0 Å². The normalized spacial score (nSPS) is 38.1. The van der Waals surface area contributed by atoms with Crippen LogP contribution in [0.4, 0.5) is 0 Å². The van der Waals surface area contributed by atoms with Crippen molar-refractivity contribution in [3.63, 3.8) is 0 Å². The predicted octanol–water partition coefficient (Wildman–Crippen LogP) is -6.41. The zero-order chi connectivity index (χ0) is 25.7. The Morgan fingerprint density at radius 1 is 0.559 bits per heavy atom. The van der Waals surface area contributed by atoms with Crippen LogP contribution in [-0.2, 0) is 38.1 Å². The summed E-state index contributed by atoms with van der Waals surface area (Å²) >= 11 is 0. The van der Waals surface area contributed by atoms with Gasteiger partial charge in [0.05, 0.1) is 13.2 Å². The van der Waals surface area contributed by atoms with Crippen LogP contribution >= 0.6 is 0 Å². The van der Waals surface area contributed by atoms with Crippen LogP contribution in [0.2, 0.25) is 0 Å². The summed E-state index contributed by atoms with van der Waals surface area (Å²) in [7, 11) is 0. The summed E-state index contributed by atoms with van der Waals surface area (Å²) in [4.78, 5) is 47.6. The van der Waals surface area contributed by atoms with Crippen LogP contribution in [0, 0.1) is 0 Å². The lowest BCUT2D eigenvalue weighted by atomic mass is 9.99. The maximum absolute atomic E-state index is 11.9. The lowest BCUT2D eigenvalue weighted by molar-refractivity contribution is -0.292. The van der Waals surface area contributed by atoms with Crippen LogP contribution in [-0.4, -0.2) is 139 Å². The number of Topliss-reactive ketones (excluding diaryl/α,β-unsaturated/α-hetero) is 2. The van der Waals surface area contributed by atoms with Gasteiger partial charge in [-0.3, -0.25) is 19.2 Å². The SMILES string of the molecule is O=C(CC(=O)C(=O)CC(=O)O[C@@H]1O[C@H](CO)[C@@H](O)[C@H](O)[C@H]1O)O[C@@H]1O[C@H](CO)[C@@H](O)[C@H](O)[C@H]1O. The summed E-state index contributed by atoms with van der Waals surface area (Å²) in [5.41, 5.74) is 0. The molecule has 0 amide bonds. The highest BCUT2D eigenvalue weighted by molar-refractivity contribution is 6.42. The van der Waals surface area contributed by atoms with Crippen molar-refractivity contribution in [2.24, 2.45) is 0 Å². The first kappa shape index (κ1) is 28.1. The average Bonchev–Trinajstić information content (AvgIpc) is 2.79. The molecule has 2 aliphatic rings. The van der Waals surface area contributed by atoms with Crippen molar-refractivity contribution >= 4 is 23.5 Å². The Hall–Kier alpha value is -2.12. The molecule has 0 saturated carbocycles. The summed E-state index contributed by atoms with van der Waals surface area (Å²) in [6.45, 7) is -1.60. The molecule has 2 rings (SSSR count). The molecule has 0 aromatic rings. The zero-order valence-corrected chi connectivity index (χ0v) is 17.4. The Kier molecular flexibility index (Phi) is 9.95. The number of aliphatic hydroxyl groups excluding tert-OH is 8. The lowest BCUT2D eigenvalue weighted by Gasteiger charge is -2.39. The molecule has 8 N–H and O–H groups in total. The molecule has 2 heterocycles. The monoisotopic (exact) mass is 498 g/mol. The minimum absolute atomic E-state index is 0.799. The number of ether oxygens (including phenoxy) is 4. The molecular formula is C18H26O16. The third-order valence-corrected chi connectivity index (χ3v) is 5.11. The average molecular weight is 498 g/mol. The Balaban J connectivity index is 1.85. The summed E-state index contributed by atoms with van der Waals surface area (Å²) in [5.74, 6) is -5.63. The number of carbonyl (C=O) groups excluding carboxylic acids is 4. The second kappa shape index (κ2) is 12.0. The highest BCUT2D eigenvalue weighted by atomic mass is 16.7. The van der Waals surface area contributed by atoms with E-state index in [9.17, 15) is 49.8 Å². The highest BCUT2D eigenvalue weighted by Gasteiger charge is 2.46. The van der Waals surface area contributed by atoms with Gasteiger partial charge in [0.15, 0.2) is 0 Å². The largest absolute Gasteiger partial charge is 0.432 e. The molecule has 0 aromatic heterocycles. The van der Waals surface area contributed by atoms with Gasteiger partial charge in [0.2, 0.25) is 24.1 Å². The summed E-state index contributed by atoms with van der Waals surface area (Å²) < 4.78 is 19.1. The third-order valence-electron chi connectivity index (χ3n) is 5.11. The van der Waals surface area contributed by atoms with E-state index in [2.05, 4.69) is 9.47 Å². The first-order chi connectivity index (χ1) is 15.9. The van der Waals surface area contributed by atoms with Crippen LogP contribution in [0.15, 0.2) is 0 Å². The summed E-state index contributed by atoms with van der Waals surface area (Å²) in [5, 5.41) is 76.4. The zero-order valence-electron chi connectivity index (χ0n) is 17.4. The van der Waals surface area contributed by atoms with E-state index in [1.807, 2.05) is 0 Å². The van der Waals surface area contributed by atoms with E-state index >= 15 is 0 Å². The maximum atomic E-state index is 11.9. The van der Waals surface area contributed by atoms with E-state index in [0.29, 0.717) is 0 Å². The number of hydrogen-bond donors (Lipinski definition) is 8. The minimum atomic E-state index is -1.93. The number of esters is 2. The molecule has 16 nitrogen and oxygen atoms in total. The van der Waals surface area contributed by atoms with Gasteiger partial charge in [-0.1, -0.05) is 0 Å². The van der Waals surface area contributed by atoms with E-state index in [1.54, 1.807) is 0 Å². The van der Waals surface area contributed by atoms with Crippen LogP contribution in [0.25, 0.3) is 0 Å². The fourth-order valence-electron chi connectivity index (χ4n) is 3.13. The molecule has 2 fully saturated rings. The summed E-state index contributed by atoms with van der Waals surface area (Å²) in [6.07, 6.45) is -19.9. The predicted molar refractivity (Wildman–Crippen MR) is 99.0 cm³/mol. The van der Waals surface area contributed by atoms with Crippen LogP contribution in [0.5, 0.6) is 0 Å². The fraction of sp³-hybridized carbons (Fsp3) is 0.778. The van der Waals surface area contributed by atoms with Gasteiger partial charge in [-0.05, 0) is 0 Å². The molecular weight excluding hydrogens is 472 g/mol. The molecule has 0 aliphatic carbocycles. The first-order valence-corrected chi connectivity index (χ1v) is 9.97. The van der Waals surface area contributed by atoms with Crippen molar-refractivity contribution in [1.29, 1.82) is 0 Å². The second-order valence-electron chi connectivity index (χ2n) is 7.57. The third kappa shape index (κ3) is 6.51. The van der Waals surface area contributed by atoms with E-state index < -0.39 is 111 Å². The van der Waals surface area contributed by atoms with Gasteiger partial charge in [-0.2, -0.15) is 0 Å². The molecule has 10 atom stereocenters. The first-order valence-electron chi connectivity index (χ1n) is 9.97. The van der Waals surface area contributed by atoms with Gasteiger partial charge in [0, 0.05) is 0 Å². The van der Waals surface area contributed by atoms with Gasteiger partial charge in [0.25, 0.3) is 0 Å². The molecule has 0 aromatic carbocycles. The van der Waals surface area contributed by atoms with Gasteiger partial charge in [-0.15, -0.1) is 0 Å². The number of hydrogen-bond acceptors (Lipinski definition) is 16. The van der Waals surface area contributed by atoms with Crippen molar-refractivity contribution in [3.8, 4) is 0 Å². The summed E-state index contributed by atoms with van der Waals surface area (Å²) in [6, 6.07) is 0. The van der Waals surface area contributed by atoms with Gasteiger partial charge in [0.1, 0.15) is 61.7 Å². The van der Waals surface area contributed by atoms with Crippen molar-refractivity contribution < 1.29 is 79.0 Å². The lowest BCUT2D eigenvalue weighted by Crippen LogP contribution is -2.59. The molecule has 0 radical (unpaired) electrons. The molecule has 0 unspecified atom stereocenters. The molecule has 0 bridgehead atoms. The molecule has 34 heavy (non-hydrogen) atoms. The number of aliphatic hydroxyl groups is 8. The van der Waals surface area contributed by atoms with E-state index in [0.717, 1.165) is 0 Å². The molecule has 0 spiro atoms. The van der Waals surface area contributed by atoms with Gasteiger partial charge in [-0.25, -0.2) is 0 Å². The Bertz CT molecular complexity index is 690. The van der Waals surface area contributed by atoms with Gasteiger partial charge < -0.3 is 59.8 Å². The van der Waals surface area contributed by atoms with Crippen molar-refractivity contribution in [1.82, 2.24) is 0 Å². The van der Waals surface area contributed by atoms with E-state index in [1.165, 1.54) is 0 Å². The highest BCUT2D eigenvalue weighted by Crippen LogP contribution is 2.23. The van der Waals surface area contributed by atoms with Gasteiger partial charge >= 0.3 is 11.9 Å². The van der Waals surface area contributed by atoms with Crippen molar-refractivity contribution in [2.45, 2.75) is 74.3 Å². The van der Waals surface area contributed by atoms with E-state index in [4.69, 9.17) is 19.7 Å². The topological polar surface area (TPSA) is 267 Å². The van der Waals surface area contributed by atoms with Crippen LogP contribution < -0.4 is 0 Å². The fourth-order valence-corrected chi connectivity index (χ4v) is 3.13. The molecule has 2 aliphatic heterocycles. The Morgan fingerprint density at radius 2 is 0.882 bits per heavy atom. The Labute approximate surface area is 190 Å². The number of carbonyl (C=O) groups is 4. The smallest absolute Gasteiger partial charge is 0.316 e. The quantitative estimate of drug-likeness (QED) is 0.0834. The van der Waals surface area contributed by atoms with Crippen LogP contribution in [0.3, 0.4) is 0 Å². The molecule has 194 valence electrons. The number of rotatable bonds is 9. The standard InChI is InChI=1S/C18H26O16/c19-3-7-11(25)13(27)15(29)17(31-7)33-9(23)1-5(21)6(22)2-10(24)34-18-16(30)14(28)12(26)8(4-20)32-18/h7-8,11-20,25-30H,1-4H2/t7-,8-,11-,12-,13+,14+,15-,16-,17+,18+/m1/s1. The minimum Gasteiger partial charge on any atom is -0.432 e. The molecule has 16 heteroatoms. The number of ketones is 2.